The molecule has 1 heterocycles. The zero-order chi connectivity index (χ0) is 22.8. The van der Waals surface area contributed by atoms with Gasteiger partial charge in [-0.15, -0.1) is 0 Å². The van der Waals surface area contributed by atoms with E-state index in [1.165, 1.54) is 57.8 Å². The van der Waals surface area contributed by atoms with Gasteiger partial charge in [0.25, 0.3) is 0 Å². The van der Waals surface area contributed by atoms with Crippen LogP contribution in [0.5, 0.6) is 0 Å². The number of piperidine rings is 1. The van der Waals surface area contributed by atoms with E-state index < -0.39 is 20.0 Å². The number of carbonyl (C=O) groups excluding carboxylic acids is 1. The maximum Gasteiger partial charge on any atom is 0.469 e. The fraction of sp³-hybridized carbons (Fsp3) is 0.870. The van der Waals surface area contributed by atoms with Gasteiger partial charge >= 0.3 is 13.8 Å². The minimum atomic E-state index is -4.59. The lowest BCUT2D eigenvalue weighted by atomic mass is 10.1. The van der Waals surface area contributed by atoms with Crippen molar-refractivity contribution in [1.29, 1.82) is 0 Å². The molecule has 0 aromatic carbocycles. The van der Waals surface area contributed by atoms with Crippen molar-refractivity contribution in [2.75, 3.05) is 13.1 Å². The van der Waals surface area contributed by atoms with Crippen LogP contribution in [0.3, 0.4) is 0 Å². The van der Waals surface area contributed by atoms with Gasteiger partial charge in [-0.05, 0) is 45.1 Å². The van der Waals surface area contributed by atoms with E-state index in [0.717, 1.165) is 25.7 Å². The molecule has 1 rings (SSSR count). The third kappa shape index (κ3) is 16.6. The van der Waals surface area contributed by atoms with Crippen LogP contribution in [0.1, 0.15) is 103 Å². The van der Waals surface area contributed by atoms with Crippen molar-refractivity contribution in [3.63, 3.8) is 0 Å². The Morgan fingerprint density at radius 1 is 0.935 bits per heavy atom. The first-order valence-corrected chi connectivity index (χ1v) is 13.7. The zero-order valence-corrected chi connectivity index (χ0v) is 20.2. The van der Waals surface area contributed by atoms with Crippen LogP contribution in [-0.2, 0) is 18.6 Å². The highest BCUT2D eigenvalue weighted by Gasteiger charge is 2.34. The predicted molar refractivity (Wildman–Crippen MR) is 124 cm³/mol. The van der Waals surface area contributed by atoms with Crippen molar-refractivity contribution in [3.8, 4) is 0 Å². The van der Waals surface area contributed by atoms with Crippen LogP contribution >= 0.6 is 7.82 Å². The molecule has 1 fully saturated rings. The lowest BCUT2D eigenvalue weighted by molar-refractivity contribution is -0.155. The molecule has 0 aliphatic carbocycles. The van der Waals surface area contributed by atoms with E-state index in [1.54, 1.807) is 0 Å². The Hall–Kier alpha value is -0.720. The first-order valence-electron chi connectivity index (χ1n) is 12.2. The smallest absolute Gasteiger partial charge is 0.458 e. The van der Waals surface area contributed by atoms with Crippen molar-refractivity contribution in [3.05, 3.63) is 12.2 Å². The summed E-state index contributed by atoms with van der Waals surface area (Å²) in [5.74, 6) is -0.328. The summed E-state index contributed by atoms with van der Waals surface area (Å²) in [6, 6.07) is 0. The lowest BCUT2D eigenvalue weighted by Gasteiger charge is -2.31. The lowest BCUT2D eigenvalue weighted by Crippen LogP contribution is -2.47. The number of nitrogens with one attached hydrogen (secondary N) is 1. The summed E-state index contributed by atoms with van der Waals surface area (Å²) >= 11 is 0. The van der Waals surface area contributed by atoms with Gasteiger partial charge in [0.05, 0.1) is 0 Å². The summed E-state index contributed by atoms with van der Waals surface area (Å²) in [5.41, 5.74) is 0. The summed E-state index contributed by atoms with van der Waals surface area (Å²) in [6.45, 7) is 3.17. The molecule has 31 heavy (non-hydrogen) atoms. The molecule has 2 atom stereocenters. The van der Waals surface area contributed by atoms with Gasteiger partial charge in [-0.3, -0.25) is 9.32 Å². The first kappa shape index (κ1) is 28.3. The van der Waals surface area contributed by atoms with E-state index in [1.807, 2.05) is 0 Å². The molecule has 0 bridgehead atoms. The fourth-order valence-electron chi connectivity index (χ4n) is 3.79. The van der Waals surface area contributed by atoms with Crippen LogP contribution in [0.4, 0.5) is 0 Å². The molecule has 1 aliphatic rings. The van der Waals surface area contributed by atoms with Crippen molar-refractivity contribution < 1.29 is 28.4 Å². The van der Waals surface area contributed by atoms with Gasteiger partial charge in [-0.1, -0.05) is 70.4 Å². The maximum atomic E-state index is 12.0. The Labute approximate surface area is 188 Å². The molecular weight excluding hydrogens is 417 g/mol. The third-order valence-corrected chi connectivity index (χ3v) is 6.11. The molecule has 0 aromatic heterocycles. The minimum Gasteiger partial charge on any atom is -0.458 e. The molecule has 8 heteroatoms. The molecule has 0 amide bonds. The first-order chi connectivity index (χ1) is 14.9. The second-order valence-electron chi connectivity index (χ2n) is 8.49. The Morgan fingerprint density at radius 3 is 2.13 bits per heavy atom. The van der Waals surface area contributed by atoms with Crippen LogP contribution < -0.4 is 5.32 Å². The van der Waals surface area contributed by atoms with E-state index in [4.69, 9.17) is 19.0 Å². The number of carbonyl (C=O) groups is 1. The molecule has 1 aliphatic heterocycles. The molecule has 0 spiro atoms. The van der Waals surface area contributed by atoms with Crippen LogP contribution in [0.15, 0.2) is 12.2 Å². The van der Waals surface area contributed by atoms with Gasteiger partial charge in [0, 0.05) is 13.0 Å². The third-order valence-electron chi connectivity index (χ3n) is 5.56. The number of ether oxygens (including phenoxy) is 1. The fourth-order valence-corrected chi connectivity index (χ4v) is 4.38. The molecule has 3 N–H and O–H groups in total. The molecule has 1 saturated heterocycles. The standard InChI is InChI=1S/C23H44NO6P/c1-2-3-4-5-6-7-8-9-10-11-12-13-14-15-16-17-23(25)29-22-20-24-19-18-21(22)30-31(26,27)28/h9-10,21-22,24H,2-8,11-20H2,1H3,(H2,26,27,28)/b10-9+/t21-,22+/m0/s1. The molecule has 0 radical (unpaired) electrons. The largest absolute Gasteiger partial charge is 0.469 e. The monoisotopic (exact) mass is 461 g/mol. The summed E-state index contributed by atoms with van der Waals surface area (Å²) in [6.07, 6.45) is 19.6. The zero-order valence-electron chi connectivity index (χ0n) is 19.3. The predicted octanol–water partition coefficient (Wildman–Crippen LogP) is 5.41. The van der Waals surface area contributed by atoms with Crippen molar-refractivity contribution in [1.82, 2.24) is 5.32 Å². The Morgan fingerprint density at radius 2 is 1.52 bits per heavy atom. The summed E-state index contributed by atoms with van der Waals surface area (Å²) < 4.78 is 21.2. The topological polar surface area (TPSA) is 105 Å². The molecule has 0 aromatic rings. The quantitative estimate of drug-likeness (QED) is 0.108. The van der Waals surface area contributed by atoms with E-state index in [0.29, 0.717) is 25.9 Å². The number of phosphoric ester groups is 1. The highest BCUT2D eigenvalue weighted by Crippen LogP contribution is 2.39. The van der Waals surface area contributed by atoms with Crippen molar-refractivity contribution in [2.24, 2.45) is 0 Å². The number of hydrogen-bond donors (Lipinski definition) is 3. The van der Waals surface area contributed by atoms with E-state index in [2.05, 4.69) is 24.4 Å². The van der Waals surface area contributed by atoms with E-state index >= 15 is 0 Å². The minimum absolute atomic E-state index is 0.328. The Balaban J connectivity index is 1.98. The van der Waals surface area contributed by atoms with Crippen LogP contribution in [0, 0.1) is 0 Å². The number of rotatable bonds is 18. The second-order valence-corrected chi connectivity index (χ2v) is 9.68. The summed E-state index contributed by atoms with van der Waals surface area (Å²) in [4.78, 5) is 30.0. The van der Waals surface area contributed by atoms with E-state index in [9.17, 15) is 9.36 Å². The highest BCUT2D eigenvalue weighted by molar-refractivity contribution is 7.46. The number of phosphoric acid groups is 1. The van der Waals surface area contributed by atoms with Gasteiger partial charge in [-0.2, -0.15) is 0 Å². The normalized spacial score (nSPS) is 19.7. The average molecular weight is 462 g/mol. The number of hydrogen-bond acceptors (Lipinski definition) is 5. The van der Waals surface area contributed by atoms with Crippen LogP contribution in [-0.4, -0.2) is 41.1 Å². The summed E-state index contributed by atoms with van der Waals surface area (Å²) in [7, 11) is -4.59. The van der Waals surface area contributed by atoms with Crippen LogP contribution in [0.25, 0.3) is 0 Å². The molecule has 182 valence electrons. The van der Waals surface area contributed by atoms with Gasteiger partial charge in [0.15, 0.2) is 0 Å². The van der Waals surface area contributed by atoms with Gasteiger partial charge in [0.2, 0.25) is 0 Å². The second kappa shape index (κ2) is 17.8. The molecule has 0 saturated carbocycles. The highest BCUT2D eigenvalue weighted by atomic mass is 31.2. The average Bonchev–Trinajstić information content (AvgIpc) is 2.71. The number of unbranched alkanes of at least 4 members (excludes halogenated alkanes) is 11. The number of allylic oxidation sites excluding steroid dienone is 2. The Bertz CT molecular complexity index is 536. The molecule has 7 nitrogen and oxygen atoms in total. The SMILES string of the molecule is CCCCCCCC/C=C/CCCCCCCC(=O)O[C@@H]1CNCC[C@@H]1OP(=O)(O)O. The summed E-state index contributed by atoms with van der Waals surface area (Å²) in [5, 5.41) is 3.06. The maximum absolute atomic E-state index is 12.0. The Kier molecular flexibility index (Phi) is 16.2. The van der Waals surface area contributed by atoms with Crippen LogP contribution in [0.2, 0.25) is 0 Å². The van der Waals surface area contributed by atoms with Gasteiger partial charge in [0.1, 0.15) is 12.2 Å². The van der Waals surface area contributed by atoms with Crippen molar-refractivity contribution >= 4 is 13.8 Å². The molecular formula is C23H44NO6P. The number of esters is 1. The van der Waals surface area contributed by atoms with Crippen molar-refractivity contribution in [2.45, 2.75) is 115 Å². The van der Waals surface area contributed by atoms with E-state index in [-0.39, 0.29) is 5.97 Å². The van der Waals surface area contributed by atoms with Gasteiger partial charge < -0.3 is 19.8 Å². The van der Waals surface area contributed by atoms with Gasteiger partial charge in [-0.25, -0.2) is 4.57 Å². The molecule has 0 unspecified atom stereocenters.